The Morgan fingerprint density at radius 1 is 1.27 bits per heavy atom. The van der Waals surface area contributed by atoms with Crippen LogP contribution < -0.4 is 11.1 Å². The van der Waals surface area contributed by atoms with Crippen LogP contribution in [0.1, 0.15) is 33.6 Å². The third-order valence-electron chi connectivity index (χ3n) is 2.12. The minimum Gasteiger partial charge on any atom is -0.480 e. The van der Waals surface area contributed by atoms with Gasteiger partial charge in [-0.25, -0.2) is 0 Å². The lowest BCUT2D eigenvalue weighted by molar-refractivity contribution is -0.141. The van der Waals surface area contributed by atoms with Gasteiger partial charge >= 0.3 is 5.97 Å². The molecule has 5 nitrogen and oxygen atoms in total. The zero-order valence-corrected chi connectivity index (χ0v) is 9.49. The number of carboxylic acids is 1. The standard InChI is InChI=1S/C10H20N2O3/c1-6(2)4-5-8(11)9(13)12-7(3)10(14)15/h6-8H,4-5,11H2,1-3H3,(H,12,13)(H,14,15)/t7-,8-/m0/s1. The largest absolute Gasteiger partial charge is 0.480 e. The molecule has 0 fully saturated rings. The third kappa shape index (κ3) is 6.06. The molecule has 0 aromatic rings. The van der Waals surface area contributed by atoms with Crippen LogP contribution >= 0.6 is 0 Å². The molecule has 5 heteroatoms. The quantitative estimate of drug-likeness (QED) is 0.597. The first kappa shape index (κ1) is 13.9. The molecular formula is C10H20N2O3. The summed E-state index contributed by atoms with van der Waals surface area (Å²) < 4.78 is 0. The second kappa shape index (κ2) is 6.40. The molecule has 0 spiro atoms. The Labute approximate surface area is 90.0 Å². The molecule has 88 valence electrons. The fourth-order valence-electron chi connectivity index (χ4n) is 1.03. The lowest BCUT2D eigenvalue weighted by atomic mass is 10.0. The summed E-state index contributed by atoms with van der Waals surface area (Å²) >= 11 is 0. The molecule has 0 aromatic carbocycles. The van der Waals surface area contributed by atoms with Crippen molar-refractivity contribution in [2.24, 2.45) is 11.7 Å². The Kier molecular flexibility index (Phi) is 5.93. The Morgan fingerprint density at radius 2 is 1.80 bits per heavy atom. The minimum atomic E-state index is -1.06. The molecule has 0 heterocycles. The highest BCUT2D eigenvalue weighted by atomic mass is 16.4. The topological polar surface area (TPSA) is 92.4 Å². The molecule has 0 aromatic heterocycles. The van der Waals surface area contributed by atoms with Crippen LogP contribution in [0, 0.1) is 5.92 Å². The number of carbonyl (C=O) groups is 2. The van der Waals surface area contributed by atoms with Crippen LogP contribution in [-0.4, -0.2) is 29.1 Å². The van der Waals surface area contributed by atoms with E-state index in [0.29, 0.717) is 12.3 Å². The highest BCUT2D eigenvalue weighted by Gasteiger charge is 2.19. The smallest absolute Gasteiger partial charge is 0.325 e. The van der Waals surface area contributed by atoms with Gasteiger partial charge in [0.1, 0.15) is 6.04 Å². The van der Waals surface area contributed by atoms with Crippen LogP contribution in [0.2, 0.25) is 0 Å². The first-order chi connectivity index (χ1) is 6.84. The zero-order chi connectivity index (χ0) is 12.0. The number of amides is 1. The van der Waals surface area contributed by atoms with Gasteiger partial charge < -0.3 is 16.2 Å². The first-order valence-corrected chi connectivity index (χ1v) is 5.13. The maximum atomic E-state index is 11.4. The van der Waals surface area contributed by atoms with Crippen molar-refractivity contribution in [3.8, 4) is 0 Å². The Bertz CT molecular complexity index is 229. The monoisotopic (exact) mass is 216 g/mol. The Hall–Kier alpha value is -1.10. The van der Waals surface area contributed by atoms with Gasteiger partial charge in [-0.05, 0) is 25.7 Å². The second-order valence-electron chi connectivity index (χ2n) is 4.15. The van der Waals surface area contributed by atoms with E-state index >= 15 is 0 Å². The molecule has 0 saturated carbocycles. The van der Waals surface area contributed by atoms with Crippen molar-refractivity contribution in [1.82, 2.24) is 5.32 Å². The number of aliphatic carboxylic acids is 1. The molecule has 0 aliphatic carbocycles. The normalized spacial score (nSPS) is 14.7. The van der Waals surface area contributed by atoms with Crippen LogP contribution in [0.25, 0.3) is 0 Å². The molecule has 0 rings (SSSR count). The lowest BCUT2D eigenvalue weighted by Crippen LogP contribution is -2.47. The summed E-state index contributed by atoms with van der Waals surface area (Å²) in [4.78, 5) is 21.8. The highest BCUT2D eigenvalue weighted by molar-refractivity contribution is 5.86. The van der Waals surface area contributed by atoms with Gasteiger partial charge in [0.05, 0.1) is 6.04 Å². The summed E-state index contributed by atoms with van der Waals surface area (Å²) in [6.45, 7) is 5.50. The summed E-state index contributed by atoms with van der Waals surface area (Å²) in [5.41, 5.74) is 5.61. The summed E-state index contributed by atoms with van der Waals surface area (Å²) in [5.74, 6) is -0.967. The zero-order valence-electron chi connectivity index (χ0n) is 9.49. The van der Waals surface area contributed by atoms with E-state index in [4.69, 9.17) is 10.8 Å². The van der Waals surface area contributed by atoms with Crippen molar-refractivity contribution in [2.45, 2.75) is 45.7 Å². The average Bonchev–Trinajstić information content (AvgIpc) is 2.13. The molecule has 15 heavy (non-hydrogen) atoms. The first-order valence-electron chi connectivity index (χ1n) is 5.13. The van der Waals surface area contributed by atoms with Gasteiger partial charge in [-0.3, -0.25) is 9.59 Å². The molecule has 0 radical (unpaired) electrons. The Balaban J connectivity index is 3.94. The number of nitrogens with two attached hydrogens (primary N) is 1. The van der Waals surface area contributed by atoms with Crippen LogP contribution in [0.5, 0.6) is 0 Å². The molecule has 4 N–H and O–H groups in total. The summed E-state index contributed by atoms with van der Waals surface area (Å²) in [6.07, 6.45) is 1.44. The molecule has 0 saturated heterocycles. The van der Waals surface area contributed by atoms with Gasteiger partial charge in [-0.1, -0.05) is 13.8 Å². The van der Waals surface area contributed by atoms with Crippen LogP contribution in [0.4, 0.5) is 0 Å². The fourth-order valence-corrected chi connectivity index (χ4v) is 1.03. The van der Waals surface area contributed by atoms with Gasteiger partial charge in [0, 0.05) is 0 Å². The van der Waals surface area contributed by atoms with E-state index in [1.807, 2.05) is 13.8 Å². The molecule has 0 aliphatic rings. The highest BCUT2D eigenvalue weighted by Crippen LogP contribution is 2.05. The predicted molar refractivity (Wildman–Crippen MR) is 57.3 cm³/mol. The molecule has 0 aliphatic heterocycles. The number of carbonyl (C=O) groups excluding carboxylic acids is 1. The van der Waals surface area contributed by atoms with Crippen molar-refractivity contribution >= 4 is 11.9 Å². The van der Waals surface area contributed by atoms with Gasteiger partial charge in [0.25, 0.3) is 0 Å². The molecule has 0 bridgehead atoms. The van der Waals surface area contributed by atoms with Crippen molar-refractivity contribution in [2.75, 3.05) is 0 Å². The van der Waals surface area contributed by atoms with Crippen molar-refractivity contribution in [1.29, 1.82) is 0 Å². The summed E-state index contributed by atoms with van der Waals surface area (Å²) in [7, 11) is 0. The number of hydrogen-bond donors (Lipinski definition) is 3. The SMILES string of the molecule is CC(C)CC[C@H](N)C(=O)N[C@@H](C)C(=O)O. The maximum absolute atomic E-state index is 11.4. The number of rotatable bonds is 6. The van der Waals surface area contributed by atoms with E-state index in [9.17, 15) is 9.59 Å². The second-order valence-corrected chi connectivity index (χ2v) is 4.15. The van der Waals surface area contributed by atoms with E-state index in [-0.39, 0.29) is 0 Å². The van der Waals surface area contributed by atoms with Crippen LogP contribution in [0.3, 0.4) is 0 Å². The minimum absolute atomic E-state index is 0.398. The van der Waals surface area contributed by atoms with Gasteiger partial charge in [0.2, 0.25) is 5.91 Å². The molecular weight excluding hydrogens is 196 g/mol. The number of nitrogens with one attached hydrogen (secondary N) is 1. The Morgan fingerprint density at radius 3 is 2.20 bits per heavy atom. The van der Waals surface area contributed by atoms with Crippen LogP contribution in [0.15, 0.2) is 0 Å². The summed E-state index contributed by atoms with van der Waals surface area (Å²) in [5, 5.41) is 10.9. The lowest BCUT2D eigenvalue weighted by Gasteiger charge is -2.15. The van der Waals surface area contributed by atoms with Crippen LogP contribution in [-0.2, 0) is 9.59 Å². The maximum Gasteiger partial charge on any atom is 0.325 e. The van der Waals surface area contributed by atoms with E-state index in [1.165, 1.54) is 6.92 Å². The number of carboxylic acid groups (broad SMARTS) is 1. The number of hydrogen-bond acceptors (Lipinski definition) is 3. The third-order valence-corrected chi connectivity index (χ3v) is 2.12. The van der Waals surface area contributed by atoms with E-state index in [2.05, 4.69) is 5.32 Å². The molecule has 0 unspecified atom stereocenters. The van der Waals surface area contributed by atoms with Crippen molar-refractivity contribution in [3.05, 3.63) is 0 Å². The fraction of sp³-hybridized carbons (Fsp3) is 0.800. The summed E-state index contributed by atoms with van der Waals surface area (Å²) in [6, 6.07) is -1.50. The van der Waals surface area contributed by atoms with E-state index < -0.39 is 24.0 Å². The predicted octanol–water partition coefficient (Wildman–Crippen LogP) is 0.339. The molecule has 1 amide bonds. The van der Waals surface area contributed by atoms with Gasteiger partial charge in [-0.2, -0.15) is 0 Å². The van der Waals surface area contributed by atoms with Crippen molar-refractivity contribution in [3.63, 3.8) is 0 Å². The van der Waals surface area contributed by atoms with E-state index in [1.54, 1.807) is 0 Å². The van der Waals surface area contributed by atoms with Crippen molar-refractivity contribution < 1.29 is 14.7 Å². The van der Waals surface area contributed by atoms with Gasteiger partial charge in [-0.15, -0.1) is 0 Å². The van der Waals surface area contributed by atoms with Gasteiger partial charge in [0.15, 0.2) is 0 Å². The molecule has 2 atom stereocenters. The van der Waals surface area contributed by atoms with E-state index in [0.717, 1.165) is 6.42 Å². The average molecular weight is 216 g/mol.